The van der Waals surface area contributed by atoms with Crippen molar-refractivity contribution in [1.82, 2.24) is 16.0 Å². The van der Waals surface area contributed by atoms with Crippen molar-refractivity contribution in [2.45, 2.75) is 64.1 Å². The highest BCUT2D eigenvalue weighted by atomic mass is 16.4. The van der Waals surface area contributed by atoms with Gasteiger partial charge in [0.25, 0.3) is 0 Å². The summed E-state index contributed by atoms with van der Waals surface area (Å²) in [5, 5.41) is 24.7. The number of carboxylic acid groups (broad SMARTS) is 2. The van der Waals surface area contributed by atoms with E-state index in [1.807, 2.05) is 0 Å². The fraction of sp³-hybridized carbons (Fsp3) is 0.722. The number of hydrogen-bond acceptors (Lipinski definition) is 7. The number of nitrogens with two attached hydrogens (primary N) is 2. The van der Waals surface area contributed by atoms with Crippen molar-refractivity contribution in [2.24, 2.45) is 17.4 Å². The molecule has 0 spiro atoms. The molecule has 0 saturated heterocycles. The second-order valence-electron chi connectivity index (χ2n) is 7.03. The first kappa shape index (κ1) is 27.3. The molecule has 0 rings (SSSR count). The molecular weight excluding hydrogens is 398 g/mol. The van der Waals surface area contributed by atoms with E-state index in [0.717, 1.165) is 0 Å². The first-order valence-electron chi connectivity index (χ1n) is 9.81. The molecule has 0 bridgehead atoms. The Labute approximate surface area is 175 Å². The predicted octanol–water partition coefficient (Wildman–Crippen LogP) is -1.87. The van der Waals surface area contributed by atoms with Crippen molar-refractivity contribution in [1.29, 1.82) is 0 Å². The standard InChI is InChI=1S/C18H33N5O7/c1-3-10(2)15(18(30)21-9-14(26)27)23-17(29)12(6-4-5-7-19)22-16(28)11(20)8-13(24)25/h10-12,15H,3-9,19-20H2,1-2H3,(H,21,30)(H,22,28)(H,23,29)(H,24,25)(H,26,27). The van der Waals surface area contributed by atoms with Gasteiger partial charge in [0.1, 0.15) is 18.6 Å². The van der Waals surface area contributed by atoms with Crippen LogP contribution in [0.15, 0.2) is 0 Å². The number of carbonyl (C=O) groups excluding carboxylic acids is 3. The smallest absolute Gasteiger partial charge is 0.322 e. The summed E-state index contributed by atoms with van der Waals surface area (Å²) < 4.78 is 0. The Morgan fingerprint density at radius 3 is 2.07 bits per heavy atom. The van der Waals surface area contributed by atoms with Crippen molar-refractivity contribution in [3.63, 3.8) is 0 Å². The zero-order chi connectivity index (χ0) is 23.3. The summed E-state index contributed by atoms with van der Waals surface area (Å²) in [6.07, 6.45) is 1.23. The van der Waals surface area contributed by atoms with Gasteiger partial charge in [-0.3, -0.25) is 24.0 Å². The van der Waals surface area contributed by atoms with Gasteiger partial charge in [-0.05, 0) is 31.7 Å². The molecule has 9 N–H and O–H groups in total. The Balaban J connectivity index is 5.30. The van der Waals surface area contributed by atoms with Crippen LogP contribution in [0.1, 0.15) is 46.0 Å². The second kappa shape index (κ2) is 14.3. The lowest BCUT2D eigenvalue weighted by atomic mass is 9.97. The van der Waals surface area contributed by atoms with Crippen LogP contribution >= 0.6 is 0 Å². The minimum Gasteiger partial charge on any atom is -0.481 e. The van der Waals surface area contributed by atoms with Crippen LogP contribution in [0.25, 0.3) is 0 Å². The minimum atomic E-state index is -1.34. The van der Waals surface area contributed by atoms with E-state index in [1.54, 1.807) is 13.8 Å². The number of hydrogen-bond donors (Lipinski definition) is 7. The zero-order valence-corrected chi connectivity index (χ0v) is 17.3. The molecule has 0 fully saturated rings. The Bertz CT molecular complexity index is 614. The van der Waals surface area contributed by atoms with Crippen LogP contribution in [0.4, 0.5) is 0 Å². The molecule has 12 nitrogen and oxygen atoms in total. The Morgan fingerprint density at radius 1 is 0.933 bits per heavy atom. The molecule has 0 heterocycles. The van der Waals surface area contributed by atoms with Crippen LogP contribution < -0.4 is 27.4 Å². The molecule has 0 aliphatic rings. The van der Waals surface area contributed by atoms with E-state index in [-0.39, 0.29) is 12.3 Å². The molecule has 0 aliphatic heterocycles. The number of unbranched alkanes of at least 4 members (excludes halogenated alkanes) is 1. The van der Waals surface area contributed by atoms with Gasteiger partial charge < -0.3 is 37.6 Å². The number of carbonyl (C=O) groups is 5. The first-order chi connectivity index (χ1) is 14.0. The highest BCUT2D eigenvalue weighted by molar-refractivity contribution is 5.94. The molecule has 0 radical (unpaired) electrons. The van der Waals surface area contributed by atoms with Gasteiger partial charge in [-0.25, -0.2) is 0 Å². The lowest BCUT2D eigenvalue weighted by Gasteiger charge is -2.27. The van der Waals surface area contributed by atoms with Gasteiger partial charge in [0.2, 0.25) is 17.7 Å². The first-order valence-corrected chi connectivity index (χ1v) is 9.81. The molecule has 172 valence electrons. The molecular formula is C18H33N5O7. The maximum Gasteiger partial charge on any atom is 0.322 e. The number of rotatable bonds is 15. The van der Waals surface area contributed by atoms with Gasteiger partial charge in [0.15, 0.2) is 0 Å². The Hall–Kier alpha value is -2.73. The number of nitrogens with one attached hydrogen (secondary N) is 3. The van der Waals surface area contributed by atoms with E-state index in [4.69, 9.17) is 21.7 Å². The number of aliphatic carboxylic acids is 2. The van der Waals surface area contributed by atoms with Crippen LogP contribution in [0.5, 0.6) is 0 Å². The van der Waals surface area contributed by atoms with Crippen LogP contribution in [0.2, 0.25) is 0 Å². The lowest BCUT2D eigenvalue weighted by molar-refractivity contribution is -0.140. The van der Waals surface area contributed by atoms with Gasteiger partial charge in [-0.2, -0.15) is 0 Å². The van der Waals surface area contributed by atoms with Crippen LogP contribution in [0, 0.1) is 5.92 Å². The third-order valence-corrected chi connectivity index (χ3v) is 4.52. The summed E-state index contributed by atoms with van der Waals surface area (Å²) >= 11 is 0. The van der Waals surface area contributed by atoms with E-state index >= 15 is 0 Å². The highest BCUT2D eigenvalue weighted by Crippen LogP contribution is 2.10. The summed E-state index contributed by atoms with van der Waals surface area (Å²) in [6, 6.07) is -3.40. The van der Waals surface area contributed by atoms with E-state index in [1.165, 1.54) is 0 Å². The van der Waals surface area contributed by atoms with E-state index < -0.39 is 60.8 Å². The lowest BCUT2D eigenvalue weighted by Crippen LogP contribution is -2.57. The largest absolute Gasteiger partial charge is 0.481 e. The molecule has 0 aromatic rings. The molecule has 30 heavy (non-hydrogen) atoms. The van der Waals surface area contributed by atoms with Gasteiger partial charge in [-0.15, -0.1) is 0 Å². The van der Waals surface area contributed by atoms with Crippen molar-refractivity contribution < 1.29 is 34.2 Å². The average Bonchev–Trinajstić information content (AvgIpc) is 2.67. The van der Waals surface area contributed by atoms with Gasteiger partial charge in [-0.1, -0.05) is 20.3 Å². The molecule has 4 unspecified atom stereocenters. The third kappa shape index (κ3) is 10.7. The Kier molecular flexibility index (Phi) is 13.0. The topological polar surface area (TPSA) is 214 Å². The van der Waals surface area contributed by atoms with Gasteiger partial charge in [0.05, 0.1) is 12.5 Å². The summed E-state index contributed by atoms with van der Waals surface area (Å²) in [7, 11) is 0. The molecule has 0 aromatic heterocycles. The van der Waals surface area contributed by atoms with Crippen LogP contribution in [-0.4, -0.2) is 71.1 Å². The summed E-state index contributed by atoms with van der Waals surface area (Å²) in [6.45, 7) is 3.31. The molecule has 12 heteroatoms. The van der Waals surface area contributed by atoms with Crippen molar-refractivity contribution in [3.05, 3.63) is 0 Å². The summed E-state index contributed by atoms with van der Waals surface area (Å²) in [5.41, 5.74) is 11.0. The SMILES string of the molecule is CCC(C)C(NC(=O)C(CCCCN)NC(=O)C(N)CC(=O)O)C(=O)NCC(=O)O. The summed E-state index contributed by atoms with van der Waals surface area (Å²) in [5.74, 6) is -4.91. The van der Waals surface area contributed by atoms with E-state index in [2.05, 4.69) is 16.0 Å². The van der Waals surface area contributed by atoms with Crippen molar-refractivity contribution in [2.75, 3.05) is 13.1 Å². The van der Waals surface area contributed by atoms with Crippen LogP contribution in [0.3, 0.4) is 0 Å². The molecule has 3 amide bonds. The molecule has 0 aromatic carbocycles. The minimum absolute atomic E-state index is 0.207. The fourth-order valence-electron chi connectivity index (χ4n) is 2.55. The average molecular weight is 431 g/mol. The van der Waals surface area contributed by atoms with Gasteiger partial charge in [0, 0.05) is 0 Å². The number of amides is 3. The van der Waals surface area contributed by atoms with E-state index in [0.29, 0.717) is 25.8 Å². The fourth-order valence-corrected chi connectivity index (χ4v) is 2.55. The predicted molar refractivity (Wildman–Crippen MR) is 107 cm³/mol. The monoisotopic (exact) mass is 431 g/mol. The van der Waals surface area contributed by atoms with E-state index in [9.17, 15) is 24.0 Å². The number of carboxylic acids is 2. The van der Waals surface area contributed by atoms with Crippen molar-refractivity contribution in [3.8, 4) is 0 Å². The zero-order valence-electron chi connectivity index (χ0n) is 17.3. The molecule has 0 saturated carbocycles. The maximum absolute atomic E-state index is 12.8. The molecule has 4 atom stereocenters. The summed E-state index contributed by atoms with van der Waals surface area (Å²) in [4.78, 5) is 58.7. The third-order valence-electron chi connectivity index (χ3n) is 4.52. The molecule has 0 aliphatic carbocycles. The second-order valence-corrected chi connectivity index (χ2v) is 7.03. The maximum atomic E-state index is 12.8. The van der Waals surface area contributed by atoms with Crippen LogP contribution in [-0.2, 0) is 24.0 Å². The highest BCUT2D eigenvalue weighted by Gasteiger charge is 2.30. The van der Waals surface area contributed by atoms with Gasteiger partial charge >= 0.3 is 11.9 Å². The normalized spacial score (nSPS) is 14.7. The van der Waals surface area contributed by atoms with Crippen molar-refractivity contribution >= 4 is 29.7 Å². The quantitative estimate of drug-likeness (QED) is 0.144. The Morgan fingerprint density at radius 2 is 1.57 bits per heavy atom.